The molecule has 0 aromatic heterocycles. The Morgan fingerprint density at radius 1 is 1.73 bits per heavy atom. The molecule has 0 N–H and O–H groups in total. The molecular weight excluding hydrogens is 154 g/mol. The van der Waals surface area contributed by atoms with Gasteiger partial charge in [-0.15, -0.1) is 0 Å². The highest BCUT2D eigenvalue weighted by Gasteiger charge is 2.09. The largest absolute Gasteiger partial charge is 0.459 e. The number of alkyl halides is 2. The standard InChI is InChI=1S/C7H10F2O2/c1-5(2)7(10)11-4-6(9)3-8/h6H,1,3-4H2,2H3. The second kappa shape index (κ2) is 4.82. The normalized spacial score (nSPS) is 12.3. The maximum Gasteiger partial charge on any atom is 0.333 e. The van der Waals surface area contributed by atoms with Crippen molar-refractivity contribution < 1.29 is 18.3 Å². The number of carbonyl (C=O) groups excluding carboxylic acids is 1. The molecule has 0 heterocycles. The lowest BCUT2D eigenvalue weighted by atomic mass is 10.3. The maximum atomic E-state index is 12.1. The van der Waals surface area contributed by atoms with Crippen LogP contribution in [-0.4, -0.2) is 25.4 Å². The molecule has 0 radical (unpaired) electrons. The van der Waals surface area contributed by atoms with Gasteiger partial charge in [-0.1, -0.05) is 6.58 Å². The summed E-state index contributed by atoms with van der Waals surface area (Å²) in [7, 11) is 0. The molecule has 11 heavy (non-hydrogen) atoms. The van der Waals surface area contributed by atoms with Crippen LogP contribution in [-0.2, 0) is 9.53 Å². The lowest BCUT2D eigenvalue weighted by Gasteiger charge is -2.04. The van der Waals surface area contributed by atoms with Crippen LogP contribution in [0.4, 0.5) is 8.78 Å². The number of carbonyl (C=O) groups is 1. The summed E-state index contributed by atoms with van der Waals surface area (Å²) in [6.45, 7) is 3.03. The Kier molecular flexibility index (Phi) is 4.41. The van der Waals surface area contributed by atoms with Gasteiger partial charge in [0.15, 0.2) is 6.17 Å². The van der Waals surface area contributed by atoms with Gasteiger partial charge in [0, 0.05) is 5.57 Å². The summed E-state index contributed by atoms with van der Waals surface area (Å²) >= 11 is 0. The van der Waals surface area contributed by atoms with E-state index in [1.165, 1.54) is 6.92 Å². The van der Waals surface area contributed by atoms with Crippen molar-refractivity contribution in [3.8, 4) is 0 Å². The highest BCUT2D eigenvalue weighted by atomic mass is 19.2. The molecule has 0 spiro atoms. The summed E-state index contributed by atoms with van der Waals surface area (Å²) in [4.78, 5) is 10.6. The first-order valence-electron chi connectivity index (χ1n) is 3.10. The average molecular weight is 164 g/mol. The van der Waals surface area contributed by atoms with Gasteiger partial charge < -0.3 is 4.74 Å². The molecule has 1 unspecified atom stereocenters. The highest BCUT2D eigenvalue weighted by molar-refractivity contribution is 5.86. The fourth-order valence-electron chi connectivity index (χ4n) is 0.334. The van der Waals surface area contributed by atoms with E-state index in [9.17, 15) is 13.6 Å². The van der Waals surface area contributed by atoms with Crippen LogP contribution < -0.4 is 0 Å². The molecule has 0 bridgehead atoms. The van der Waals surface area contributed by atoms with Gasteiger partial charge in [-0.2, -0.15) is 0 Å². The van der Waals surface area contributed by atoms with Crippen molar-refractivity contribution in [1.29, 1.82) is 0 Å². The van der Waals surface area contributed by atoms with E-state index < -0.39 is 25.4 Å². The molecule has 0 aliphatic carbocycles. The molecule has 1 atom stereocenters. The number of rotatable bonds is 4. The topological polar surface area (TPSA) is 26.3 Å². The van der Waals surface area contributed by atoms with Crippen LogP contribution in [0.2, 0.25) is 0 Å². The zero-order valence-electron chi connectivity index (χ0n) is 6.27. The van der Waals surface area contributed by atoms with Crippen molar-refractivity contribution in [3.05, 3.63) is 12.2 Å². The number of hydrogen-bond acceptors (Lipinski definition) is 2. The minimum Gasteiger partial charge on any atom is -0.459 e. The van der Waals surface area contributed by atoms with E-state index in [1.54, 1.807) is 0 Å². The predicted octanol–water partition coefficient (Wildman–Crippen LogP) is 1.41. The predicted molar refractivity (Wildman–Crippen MR) is 36.6 cm³/mol. The lowest BCUT2D eigenvalue weighted by Crippen LogP contribution is -2.16. The molecule has 0 amide bonds. The van der Waals surface area contributed by atoms with Crippen molar-refractivity contribution in [2.45, 2.75) is 13.1 Å². The lowest BCUT2D eigenvalue weighted by molar-refractivity contribution is -0.140. The van der Waals surface area contributed by atoms with Crippen LogP contribution in [0.15, 0.2) is 12.2 Å². The number of halogens is 2. The molecule has 0 saturated carbocycles. The first kappa shape index (κ1) is 10.1. The Morgan fingerprint density at radius 2 is 2.27 bits per heavy atom. The summed E-state index contributed by atoms with van der Waals surface area (Å²) in [5.41, 5.74) is 0.177. The van der Waals surface area contributed by atoms with Gasteiger partial charge >= 0.3 is 5.97 Å². The van der Waals surface area contributed by atoms with Gasteiger partial charge in [-0.25, -0.2) is 13.6 Å². The smallest absolute Gasteiger partial charge is 0.333 e. The summed E-state index contributed by atoms with van der Waals surface area (Å²) in [6.07, 6.45) is -1.72. The van der Waals surface area contributed by atoms with Gasteiger partial charge in [-0.3, -0.25) is 0 Å². The van der Waals surface area contributed by atoms with E-state index >= 15 is 0 Å². The Hall–Kier alpha value is -0.930. The molecule has 4 heteroatoms. The van der Waals surface area contributed by atoms with Crippen molar-refractivity contribution >= 4 is 5.97 Å². The molecule has 0 aromatic carbocycles. The summed E-state index contributed by atoms with van der Waals surface area (Å²) in [5, 5.41) is 0. The van der Waals surface area contributed by atoms with Crippen LogP contribution in [0.5, 0.6) is 0 Å². The van der Waals surface area contributed by atoms with Crippen LogP contribution in [0.3, 0.4) is 0 Å². The first-order valence-corrected chi connectivity index (χ1v) is 3.10. The van der Waals surface area contributed by atoms with Crippen LogP contribution >= 0.6 is 0 Å². The molecule has 0 aliphatic heterocycles. The van der Waals surface area contributed by atoms with Crippen molar-refractivity contribution in [2.24, 2.45) is 0 Å². The number of hydrogen-bond donors (Lipinski definition) is 0. The van der Waals surface area contributed by atoms with Gasteiger partial charge in [0.25, 0.3) is 0 Å². The molecule has 64 valence electrons. The van der Waals surface area contributed by atoms with Gasteiger partial charge in [0.2, 0.25) is 0 Å². The Balaban J connectivity index is 3.54. The van der Waals surface area contributed by atoms with E-state index in [0.717, 1.165) is 0 Å². The zero-order chi connectivity index (χ0) is 8.85. The average Bonchev–Trinajstić information content (AvgIpc) is 1.99. The molecule has 0 saturated heterocycles. The van der Waals surface area contributed by atoms with Gasteiger partial charge in [0.05, 0.1) is 0 Å². The Morgan fingerprint density at radius 3 is 2.64 bits per heavy atom. The van der Waals surface area contributed by atoms with Gasteiger partial charge in [-0.05, 0) is 6.92 Å². The Labute approximate surface area is 63.8 Å². The second-order valence-corrected chi connectivity index (χ2v) is 2.13. The molecular formula is C7H10F2O2. The van der Waals surface area contributed by atoms with E-state index in [2.05, 4.69) is 11.3 Å². The van der Waals surface area contributed by atoms with Gasteiger partial charge in [0.1, 0.15) is 13.3 Å². The minimum absolute atomic E-state index is 0.177. The third kappa shape index (κ3) is 4.47. The third-order valence-electron chi connectivity index (χ3n) is 0.911. The fraction of sp³-hybridized carbons (Fsp3) is 0.571. The molecule has 2 nitrogen and oxygen atoms in total. The Bertz CT molecular complexity index is 157. The number of ether oxygens (including phenoxy) is 1. The molecule has 0 rings (SSSR count). The monoisotopic (exact) mass is 164 g/mol. The minimum atomic E-state index is -1.72. The SMILES string of the molecule is C=C(C)C(=O)OCC(F)CF. The summed E-state index contributed by atoms with van der Waals surface area (Å²) in [5.74, 6) is -0.693. The van der Waals surface area contributed by atoms with Crippen LogP contribution in [0.25, 0.3) is 0 Å². The van der Waals surface area contributed by atoms with E-state index in [4.69, 9.17) is 0 Å². The zero-order valence-corrected chi connectivity index (χ0v) is 6.27. The summed E-state index contributed by atoms with van der Waals surface area (Å²) in [6, 6.07) is 0. The molecule has 0 aliphatic rings. The van der Waals surface area contributed by atoms with Crippen molar-refractivity contribution in [2.75, 3.05) is 13.3 Å². The second-order valence-electron chi connectivity index (χ2n) is 2.13. The maximum absolute atomic E-state index is 12.1. The van der Waals surface area contributed by atoms with E-state index in [-0.39, 0.29) is 5.57 Å². The fourth-order valence-corrected chi connectivity index (χ4v) is 0.334. The summed E-state index contributed by atoms with van der Waals surface area (Å²) < 4.78 is 27.8. The van der Waals surface area contributed by atoms with Crippen molar-refractivity contribution in [3.63, 3.8) is 0 Å². The van der Waals surface area contributed by atoms with E-state index in [0.29, 0.717) is 0 Å². The van der Waals surface area contributed by atoms with Crippen LogP contribution in [0, 0.1) is 0 Å². The molecule has 0 fully saturated rings. The van der Waals surface area contributed by atoms with E-state index in [1.807, 2.05) is 0 Å². The third-order valence-corrected chi connectivity index (χ3v) is 0.911. The van der Waals surface area contributed by atoms with Crippen molar-refractivity contribution in [1.82, 2.24) is 0 Å². The highest BCUT2D eigenvalue weighted by Crippen LogP contribution is 1.97. The molecule has 0 aromatic rings. The number of esters is 1. The van der Waals surface area contributed by atoms with Crippen LogP contribution in [0.1, 0.15) is 6.92 Å². The quantitative estimate of drug-likeness (QED) is 0.464. The first-order chi connectivity index (χ1) is 5.07.